The summed E-state index contributed by atoms with van der Waals surface area (Å²) in [6.07, 6.45) is 0. The van der Waals surface area contributed by atoms with Gasteiger partial charge in [-0.15, -0.1) is 11.6 Å². The summed E-state index contributed by atoms with van der Waals surface area (Å²) in [5.74, 6) is -1.37. The second-order valence-corrected chi connectivity index (χ2v) is 6.95. The fraction of sp³-hybridized carbons (Fsp3) is 0.333. The van der Waals surface area contributed by atoms with Crippen LogP contribution in [0.4, 0.5) is 0 Å². The van der Waals surface area contributed by atoms with Gasteiger partial charge in [-0.2, -0.15) is 0 Å². The number of rotatable bonds is 4. The Morgan fingerprint density at radius 1 is 1.12 bits per heavy atom. The summed E-state index contributed by atoms with van der Waals surface area (Å²) in [5, 5.41) is 3.37. The first-order chi connectivity index (χ1) is 12.2. The Hall–Kier alpha value is -1.69. The summed E-state index contributed by atoms with van der Waals surface area (Å²) in [7, 11) is 1.23. The van der Waals surface area contributed by atoms with Crippen molar-refractivity contribution in [2.24, 2.45) is 0 Å². The first-order valence-electron chi connectivity index (χ1n) is 7.78. The molecular weight excluding hydrogens is 401 g/mol. The van der Waals surface area contributed by atoms with Crippen molar-refractivity contribution in [3.8, 4) is 0 Å². The number of nitrogens with one attached hydrogen (secondary N) is 1. The summed E-state index contributed by atoms with van der Waals surface area (Å²) >= 11 is 19.5. The Morgan fingerprint density at radius 2 is 1.69 bits per heavy atom. The average Bonchev–Trinajstić information content (AvgIpc) is 2.56. The van der Waals surface area contributed by atoms with Crippen molar-refractivity contribution in [1.29, 1.82) is 0 Å². The quantitative estimate of drug-likeness (QED) is 0.583. The van der Waals surface area contributed by atoms with Gasteiger partial charge in [0.05, 0.1) is 34.9 Å². The summed E-state index contributed by atoms with van der Waals surface area (Å²) < 4.78 is 10.1. The Labute approximate surface area is 166 Å². The van der Waals surface area contributed by atoms with Crippen LogP contribution in [0, 0.1) is 0 Å². The first-order valence-corrected chi connectivity index (χ1v) is 8.92. The number of esters is 2. The number of halogens is 3. The highest BCUT2D eigenvalue weighted by Gasteiger charge is 2.51. The van der Waals surface area contributed by atoms with Crippen LogP contribution in [0.3, 0.4) is 0 Å². The van der Waals surface area contributed by atoms with Crippen molar-refractivity contribution in [2.75, 3.05) is 13.7 Å². The van der Waals surface area contributed by atoms with Crippen molar-refractivity contribution < 1.29 is 19.1 Å². The van der Waals surface area contributed by atoms with Gasteiger partial charge in [-0.3, -0.25) is 0 Å². The molecule has 0 amide bonds. The van der Waals surface area contributed by atoms with E-state index in [1.165, 1.54) is 7.11 Å². The minimum atomic E-state index is -1.72. The smallest absolute Gasteiger partial charge is 0.338 e. The highest BCUT2D eigenvalue weighted by Crippen LogP contribution is 2.51. The van der Waals surface area contributed by atoms with Gasteiger partial charge in [-0.05, 0) is 26.8 Å². The summed E-state index contributed by atoms with van der Waals surface area (Å²) in [6, 6.07) is 4.83. The number of hydrogen-bond donors (Lipinski definition) is 1. The van der Waals surface area contributed by atoms with Crippen LogP contribution in [0.2, 0.25) is 10.0 Å². The Morgan fingerprint density at radius 3 is 2.23 bits per heavy atom. The normalized spacial score (nSPS) is 20.0. The van der Waals surface area contributed by atoms with E-state index in [1.54, 1.807) is 39.0 Å². The van der Waals surface area contributed by atoms with Crippen LogP contribution in [0.1, 0.15) is 26.3 Å². The molecule has 1 aromatic rings. The Kier molecular flexibility index (Phi) is 6.27. The lowest BCUT2D eigenvalue weighted by Gasteiger charge is -2.37. The maximum Gasteiger partial charge on any atom is 0.338 e. The zero-order chi connectivity index (χ0) is 19.6. The van der Waals surface area contributed by atoms with Crippen molar-refractivity contribution in [2.45, 2.75) is 25.6 Å². The summed E-state index contributed by atoms with van der Waals surface area (Å²) in [4.78, 5) is 23.5. The molecule has 1 aromatic carbocycles. The molecule has 26 heavy (non-hydrogen) atoms. The molecule has 1 atom stereocenters. The van der Waals surface area contributed by atoms with Crippen LogP contribution in [-0.4, -0.2) is 25.7 Å². The van der Waals surface area contributed by atoms with Crippen molar-refractivity contribution in [3.63, 3.8) is 0 Å². The van der Waals surface area contributed by atoms with Crippen molar-refractivity contribution >= 4 is 46.7 Å². The van der Waals surface area contributed by atoms with Crippen LogP contribution in [0.25, 0.3) is 0 Å². The number of ether oxygens (including phenoxy) is 2. The molecular formula is C18H18Cl3NO4. The number of carbonyl (C=O) groups is 2. The van der Waals surface area contributed by atoms with Gasteiger partial charge in [0.15, 0.2) is 0 Å². The number of dihydropyridines is 1. The van der Waals surface area contributed by atoms with E-state index in [1.807, 2.05) is 0 Å². The number of hydrogen-bond acceptors (Lipinski definition) is 5. The van der Waals surface area contributed by atoms with Gasteiger partial charge in [-0.1, -0.05) is 35.3 Å². The zero-order valence-corrected chi connectivity index (χ0v) is 17.0. The number of alkyl halides is 1. The van der Waals surface area contributed by atoms with Gasteiger partial charge in [0.25, 0.3) is 0 Å². The fourth-order valence-electron chi connectivity index (χ4n) is 2.98. The molecule has 0 spiro atoms. The molecule has 0 fully saturated rings. The lowest BCUT2D eigenvalue weighted by Crippen LogP contribution is -2.42. The minimum Gasteiger partial charge on any atom is -0.466 e. The topological polar surface area (TPSA) is 64.6 Å². The Balaban J connectivity index is 2.88. The number of benzene rings is 1. The van der Waals surface area contributed by atoms with Gasteiger partial charge in [-0.25, -0.2) is 9.59 Å². The summed E-state index contributed by atoms with van der Waals surface area (Å²) in [5.41, 5.74) is 1.26. The maximum absolute atomic E-state index is 12.7. The molecule has 2 rings (SSSR count). The SMILES string of the molecule is CCOC(=O)C1=C(C)NC(C)=C(C(=O)OC)C1(Cl)c1cccc(Cl)c1Cl. The molecule has 1 aliphatic heterocycles. The molecule has 0 radical (unpaired) electrons. The van der Waals surface area contributed by atoms with Crippen LogP contribution < -0.4 is 5.32 Å². The van der Waals surface area contributed by atoms with E-state index in [-0.39, 0.29) is 33.4 Å². The molecule has 1 unspecified atom stereocenters. The lowest BCUT2D eigenvalue weighted by atomic mass is 9.79. The van der Waals surface area contributed by atoms with Crippen LogP contribution in [0.15, 0.2) is 40.7 Å². The monoisotopic (exact) mass is 417 g/mol. The second kappa shape index (κ2) is 7.91. The highest BCUT2D eigenvalue weighted by molar-refractivity contribution is 6.44. The zero-order valence-electron chi connectivity index (χ0n) is 14.7. The second-order valence-electron chi connectivity index (χ2n) is 5.60. The van der Waals surface area contributed by atoms with Gasteiger partial charge >= 0.3 is 11.9 Å². The number of carbonyl (C=O) groups excluding carboxylic acids is 2. The number of methoxy groups -OCH3 is 1. The number of allylic oxidation sites excluding steroid dienone is 2. The van der Waals surface area contributed by atoms with E-state index in [9.17, 15) is 9.59 Å². The van der Waals surface area contributed by atoms with Gasteiger partial charge < -0.3 is 14.8 Å². The minimum absolute atomic E-state index is 0.0412. The molecule has 1 heterocycles. The van der Waals surface area contributed by atoms with Gasteiger partial charge in [0.1, 0.15) is 4.87 Å². The third kappa shape index (κ3) is 3.31. The maximum atomic E-state index is 12.7. The standard InChI is InChI=1S/C18H18Cl3NO4/c1-5-26-17(24)14-10(3)22-9(2)13(16(23)25-4)18(14,21)11-7-6-8-12(19)15(11)20/h6-8,22H,5H2,1-4H3. The van der Waals surface area contributed by atoms with Crippen molar-refractivity contribution in [1.82, 2.24) is 5.32 Å². The van der Waals surface area contributed by atoms with E-state index in [0.717, 1.165) is 0 Å². The van der Waals surface area contributed by atoms with E-state index in [2.05, 4.69) is 5.32 Å². The predicted octanol–water partition coefficient (Wildman–Crippen LogP) is 4.31. The fourth-order valence-corrected chi connectivity index (χ4v) is 4.07. The lowest BCUT2D eigenvalue weighted by molar-refractivity contribution is -0.139. The third-order valence-corrected chi connectivity index (χ3v) is 5.41. The molecule has 0 saturated heterocycles. The van der Waals surface area contributed by atoms with Gasteiger partial charge in [0.2, 0.25) is 0 Å². The van der Waals surface area contributed by atoms with Crippen LogP contribution in [-0.2, 0) is 23.9 Å². The molecule has 0 bridgehead atoms. The summed E-state index contributed by atoms with van der Waals surface area (Å²) in [6.45, 7) is 5.14. The highest BCUT2D eigenvalue weighted by atomic mass is 35.5. The first kappa shape index (κ1) is 20.6. The molecule has 140 valence electrons. The van der Waals surface area contributed by atoms with E-state index in [0.29, 0.717) is 11.4 Å². The molecule has 8 heteroatoms. The van der Waals surface area contributed by atoms with E-state index in [4.69, 9.17) is 44.3 Å². The predicted molar refractivity (Wildman–Crippen MR) is 101 cm³/mol. The molecule has 1 N–H and O–H groups in total. The molecule has 0 saturated carbocycles. The van der Waals surface area contributed by atoms with Gasteiger partial charge in [0, 0.05) is 17.0 Å². The molecule has 0 aromatic heterocycles. The average molecular weight is 419 g/mol. The van der Waals surface area contributed by atoms with Crippen LogP contribution >= 0.6 is 34.8 Å². The molecule has 0 aliphatic carbocycles. The molecule has 5 nitrogen and oxygen atoms in total. The van der Waals surface area contributed by atoms with E-state index >= 15 is 0 Å². The van der Waals surface area contributed by atoms with Crippen molar-refractivity contribution in [3.05, 3.63) is 56.3 Å². The van der Waals surface area contributed by atoms with Crippen LogP contribution in [0.5, 0.6) is 0 Å². The third-order valence-electron chi connectivity index (χ3n) is 4.01. The molecule has 1 aliphatic rings. The Bertz CT molecular complexity index is 832. The largest absolute Gasteiger partial charge is 0.466 e. The van der Waals surface area contributed by atoms with E-state index < -0.39 is 16.8 Å².